The van der Waals surface area contributed by atoms with Crippen LogP contribution in [0.1, 0.15) is 45.2 Å². The summed E-state index contributed by atoms with van der Waals surface area (Å²) < 4.78 is 1.60. The van der Waals surface area contributed by atoms with Crippen molar-refractivity contribution in [2.75, 3.05) is 0 Å². The topological polar surface area (TPSA) is 79.8 Å². The van der Waals surface area contributed by atoms with Crippen LogP contribution in [0.15, 0.2) is 40.3 Å². The second-order valence-corrected chi connectivity index (χ2v) is 7.03. The number of nitrogens with one attached hydrogen (secondary N) is 2. The molecule has 0 aliphatic heterocycles. The van der Waals surface area contributed by atoms with Crippen LogP contribution in [-0.2, 0) is 11.3 Å². The first-order valence-electron chi connectivity index (χ1n) is 8.20. The summed E-state index contributed by atoms with van der Waals surface area (Å²) in [6.45, 7) is 6.46. The normalized spacial score (nSPS) is 13.5. The summed E-state index contributed by atoms with van der Waals surface area (Å²) in [6.07, 6.45) is 1.89. The number of hydrogen-bond donors (Lipinski definition) is 2. The standard InChI is InChI=1S/C17H24N4O2S/c1-4-5-11-21-16(23)19-20-17(21)24-13(3)15(22)18-12(2)14-9-7-6-8-10-14/h6-10,12-13H,4-5,11H2,1-3H3,(H,18,22)(H,19,23). The Morgan fingerprint density at radius 3 is 2.71 bits per heavy atom. The van der Waals surface area contributed by atoms with Gasteiger partial charge in [0, 0.05) is 6.54 Å². The number of H-pyrrole nitrogens is 1. The molecule has 0 bridgehead atoms. The lowest BCUT2D eigenvalue weighted by Crippen LogP contribution is -2.33. The highest BCUT2D eigenvalue weighted by atomic mass is 32.2. The van der Waals surface area contributed by atoms with E-state index in [0.29, 0.717) is 11.7 Å². The van der Waals surface area contributed by atoms with Crippen LogP contribution < -0.4 is 11.0 Å². The molecule has 0 spiro atoms. The second-order valence-electron chi connectivity index (χ2n) is 5.72. The highest BCUT2D eigenvalue weighted by Crippen LogP contribution is 2.21. The number of amides is 1. The Kier molecular flexibility index (Phi) is 6.66. The summed E-state index contributed by atoms with van der Waals surface area (Å²) in [5.74, 6) is -0.0751. The monoisotopic (exact) mass is 348 g/mol. The summed E-state index contributed by atoms with van der Waals surface area (Å²) in [4.78, 5) is 24.2. The van der Waals surface area contributed by atoms with Crippen LogP contribution in [0.5, 0.6) is 0 Å². The molecule has 2 aromatic rings. The van der Waals surface area contributed by atoms with E-state index in [0.717, 1.165) is 18.4 Å². The van der Waals surface area contributed by atoms with Gasteiger partial charge in [-0.3, -0.25) is 9.36 Å². The van der Waals surface area contributed by atoms with Crippen LogP contribution in [0.2, 0.25) is 0 Å². The van der Waals surface area contributed by atoms with E-state index in [1.165, 1.54) is 11.8 Å². The molecule has 1 aromatic carbocycles. The molecule has 2 N–H and O–H groups in total. The van der Waals surface area contributed by atoms with Gasteiger partial charge < -0.3 is 5.32 Å². The molecule has 0 fully saturated rings. The van der Waals surface area contributed by atoms with Gasteiger partial charge in [-0.15, -0.1) is 5.10 Å². The van der Waals surface area contributed by atoms with Crippen molar-refractivity contribution < 1.29 is 4.79 Å². The Labute approximate surface area is 146 Å². The van der Waals surface area contributed by atoms with Crippen molar-refractivity contribution in [2.45, 2.75) is 56.6 Å². The molecule has 0 saturated heterocycles. The number of carbonyl (C=O) groups excluding carboxylic acids is 1. The molecule has 2 unspecified atom stereocenters. The molecule has 2 atom stereocenters. The van der Waals surface area contributed by atoms with E-state index in [4.69, 9.17) is 0 Å². The molecule has 0 aliphatic rings. The highest BCUT2D eigenvalue weighted by Gasteiger charge is 2.20. The van der Waals surface area contributed by atoms with Crippen LogP contribution in [0.25, 0.3) is 0 Å². The zero-order valence-corrected chi connectivity index (χ0v) is 15.1. The lowest BCUT2D eigenvalue weighted by molar-refractivity contribution is -0.120. The predicted molar refractivity (Wildman–Crippen MR) is 96.1 cm³/mol. The Morgan fingerprint density at radius 1 is 1.33 bits per heavy atom. The fourth-order valence-corrected chi connectivity index (χ4v) is 3.17. The van der Waals surface area contributed by atoms with Gasteiger partial charge in [-0.2, -0.15) is 0 Å². The number of unbranched alkanes of at least 4 members (excludes halogenated alkanes) is 1. The highest BCUT2D eigenvalue weighted by molar-refractivity contribution is 8.00. The van der Waals surface area contributed by atoms with Crippen molar-refractivity contribution in [1.29, 1.82) is 0 Å². The van der Waals surface area contributed by atoms with Gasteiger partial charge in [0.2, 0.25) is 5.91 Å². The van der Waals surface area contributed by atoms with Gasteiger partial charge in [0.15, 0.2) is 5.16 Å². The third kappa shape index (κ3) is 4.74. The molecule has 7 heteroatoms. The number of rotatable bonds is 8. The third-order valence-electron chi connectivity index (χ3n) is 3.77. The van der Waals surface area contributed by atoms with Crippen molar-refractivity contribution in [1.82, 2.24) is 20.1 Å². The Hall–Kier alpha value is -2.02. The third-order valence-corrected chi connectivity index (χ3v) is 4.86. The van der Waals surface area contributed by atoms with Crippen LogP contribution in [0.4, 0.5) is 0 Å². The van der Waals surface area contributed by atoms with E-state index < -0.39 is 0 Å². The van der Waals surface area contributed by atoms with Crippen LogP contribution in [0.3, 0.4) is 0 Å². The lowest BCUT2D eigenvalue weighted by Gasteiger charge is -2.17. The van der Waals surface area contributed by atoms with E-state index >= 15 is 0 Å². The first-order valence-corrected chi connectivity index (χ1v) is 9.08. The fraction of sp³-hybridized carbons (Fsp3) is 0.471. The van der Waals surface area contributed by atoms with Crippen molar-refractivity contribution in [3.05, 3.63) is 46.4 Å². The zero-order chi connectivity index (χ0) is 17.5. The molecule has 1 amide bonds. The van der Waals surface area contributed by atoms with Crippen molar-refractivity contribution >= 4 is 17.7 Å². The number of thioether (sulfide) groups is 1. The van der Waals surface area contributed by atoms with Crippen molar-refractivity contribution in [3.63, 3.8) is 0 Å². The van der Waals surface area contributed by atoms with Gasteiger partial charge in [-0.25, -0.2) is 9.89 Å². The number of aromatic nitrogens is 3. The molecule has 2 rings (SSSR count). The molecule has 1 heterocycles. The Balaban J connectivity index is 1.98. The van der Waals surface area contributed by atoms with Crippen molar-refractivity contribution in [2.24, 2.45) is 0 Å². The molecule has 0 aliphatic carbocycles. The van der Waals surface area contributed by atoms with Gasteiger partial charge in [0.25, 0.3) is 0 Å². The zero-order valence-electron chi connectivity index (χ0n) is 14.3. The van der Waals surface area contributed by atoms with Crippen LogP contribution >= 0.6 is 11.8 Å². The first kappa shape index (κ1) is 18.3. The first-order chi connectivity index (χ1) is 11.5. The molecule has 6 nitrogen and oxygen atoms in total. The minimum Gasteiger partial charge on any atom is -0.349 e. The number of aromatic amines is 1. The summed E-state index contributed by atoms with van der Waals surface area (Å²) in [5, 5.41) is 9.72. The van der Waals surface area contributed by atoms with Gasteiger partial charge in [-0.05, 0) is 25.8 Å². The summed E-state index contributed by atoms with van der Waals surface area (Å²) in [7, 11) is 0. The number of carbonyl (C=O) groups is 1. The maximum Gasteiger partial charge on any atom is 0.343 e. The van der Waals surface area contributed by atoms with Crippen LogP contribution in [-0.4, -0.2) is 25.9 Å². The van der Waals surface area contributed by atoms with E-state index in [2.05, 4.69) is 22.4 Å². The number of benzene rings is 1. The molecule has 130 valence electrons. The van der Waals surface area contributed by atoms with Gasteiger partial charge >= 0.3 is 5.69 Å². The maximum absolute atomic E-state index is 12.4. The minimum atomic E-state index is -0.341. The molecular weight excluding hydrogens is 324 g/mol. The fourth-order valence-electron chi connectivity index (χ4n) is 2.27. The average Bonchev–Trinajstić information content (AvgIpc) is 2.93. The average molecular weight is 348 g/mol. The smallest absolute Gasteiger partial charge is 0.343 e. The Morgan fingerprint density at radius 2 is 2.04 bits per heavy atom. The SMILES string of the molecule is CCCCn1c(SC(C)C(=O)NC(C)c2ccccc2)n[nH]c1=O. The van der Waals surface area contributed by atoms with Crippen LogP contribution in [0, 0.1) is 0 Å². The predicted octanol–water partition coefficient (Wildman–Crippen LogP) is 2.73. The number of nitrogens with zero attached hydrogens (tertiary/aromatic N) is 2. The number of hydrogen-bond acceptors (Lipinski definition) is 4. The molecule has 24 heavy (non-hydrogen) atoms. The summed E-state index contributed by atoms with van der Waals surface area (Å²) in [5.41, 5.74) is 0.832. The Bertz CT molecular complexity index is 711. The molecular formula is C17H24N4O2S. The molecule has 0 radical (unpaired) electrons. The van der Waals surface area contributed by atoms with Gasteiger partial charge in [0.05, 0.1) is 11.3 Å². The minimum absolute atomic E-state index is 0.0665. The molecule has 0 saturated carbocycles. The maximum atomic E-state index is 12.4. The van der Waals surface area contributed by atoms with E-state index in [-0.39, 0.29) is 22.9 Å². The van der Waals surface area contributed by atoms with Gasteiger partial charge in [-0.1, -0.05) is 55.4 Å². The second kappa shape index (κ2) is 8.73. The van der Waals surface area contributed by atoms with E-state index in [1.807, 2.05) is 44.2 Å². The quantitative estimate of drug-likeness (QED) is 0.719. The summed E-state index contributed by atoms with van der Waals surface area (Å²) in [6, 6.07) is 9.75. The van der Waals surface area contributed by atoms with Gasteiger partial charge in [0.1, 0.15) is 0 Å². The molecule has 1 aromatic heterocycles. The largest absolute Gasteiger partial charge is 0.349 e. The van der Waals surface area contributed by atoms with E-state index in [1.54, 1.807) is 4.57 Å². The van der Waals surface area contributed by atoms with E-state index in [9.17, 15) is 9.59 Å². The van der Waals surface area contributed by atoms with Crippen molar-refractivity contribution in [3.8, 4) is 0 Å². The summed E-state index contributed by atoms with van der Waals surface area (Å²) >= 11 is 1.30. The lowest BCUT2D eigenvalue weighted by atomic mass is 10.1.